The lowest BCUT2D eigenvalue weighted by atomic mass is 10.2. The molecule has 2 heterocycles. The molecule has 4 heteroatoms. The first-order chi connectivity index (χ1) is 6.93. The van der Waals surface area contributed by atoms with Gasteiger partial charge < -0.3 is 0 Å². The van der Waals surface area contributed by atoms with Crippen LogP contribution in [0.1, 0.15) is 11.4 Å². The highest BCUT2D eigenvalue weighted by atomic mass is 15.1. The lowest BCUT2D eigenvalue weighted by Crippen LogP contribution is -1.93. The molecule has 0 amide bonds. The number of hydrogen-bond acceptors (Lipinski definition) is 3. The van der Waals surface area contributed by atoms with Gasteiger partial charge in [-0.25, -0.2) is 4.98 Å². The predicted molar refractivity (Wildman–Crippen MR) is 52.4 cm³/mol. The van der Waals surface area contributed by atoms with Crippen molar-refractivity contribution in [2.45, 2.75) is 6.42 Å². The second kappa shape index (κ2) is 2.77. The standard InChI is InChI=1S/C10H8N4/c1-2-8-9(3-1)14-10(6-11-8)7-4-12-13-5-7/h1,3-6H,2H2,(H,12,13). The molecule has 2 aromatic heterocycles. The fourth-order valence-corrected chi connectivity index (χ4v) is 1.53. The number of H-pyrrole nitrogens is 1. The fraction of sp³-hybridized carbons (Fsp3) is 0.100. The largest absolute Gasteiger partial charge is 0.285 e. The first-order valence-corrected chi connectivity index (χ1v) is 4.45. The number of aromatic nitrogens is 4. The third-order valence-electron chi connectivity index (χ3n) is 2.26. The molecule has 14 heavy (non-hydrogen) atoms. The molecule has 0 spiro atoms. The summed E-state index contributed by atoms with van der Waals surface area (Å²) in [4.78, 5) is 8.83. The first kappa shape index (κ1) is 7.44. The fourth-order valence-electron chi connectivity index (χ4n) is 1.53. The molecular formula is C10H8N4. The summed E-state index contributed by atoms with van der Waals surface area (Å²) in [5, 5.41) is 6.64. The normalized spacial score (nSPS) is 13.1. The molecule has 0 aliphatic heterocycles. The second-order valence-electron chi connectivity index (χ2n) is 3.18. The van der Waals surface area contributed by atoms with Crippen LogP contribution in [0.15, 0.2) is 24.7 Å². The van der Waals surface area contributed by atoms with E-state index in [-0.39, 0.29) is 0 Å². The van der Waals surface area contributed by atoms with Gasteiger partial charge in [0.1, 0.15) is 0 Å². The monoisotopic (exact) mass is 184 g/mol. The van der Waals surface area contributed by atoms with Gasteiger partial charge in [0.05, 0.1) is 29.5 Å². The van der Waals surface area contributed by atoms with Crippen LogP contribution in [0.4, 0.5) is 0 Å². The van der Waals surface area contributed by atoms with Crippen LogP contribution in [-0.4, -0.2) is 20.2 Å². The van der Waals surface area contributed by atoms with E-state index in [1.165, 1.54) is 0 Å². The van der Waals surface area contributed by atoms with Crippen LogP contribution in [0.2, 0.25) is 0 Å². The molecule has 1 aliphatic rings. The quantitative estimate of drug-likeness (QED) is 0.729. The Hall–Kier alpha value is -1.97. The number of fused-ring (bicyclic) bond motifs is 1. The van der Waals surface area contributed by atoms with Crippen molar-refractivity contribution < 1.29 is 0 Å². The van der Waals surface area contributed by atoms with Gasteiger partial charge in [-0.05, 0) is 6.08 Å². The zero-order valence-electron chi connectivity index (χ0n) is 7.44. The summed E-state index contributed by atoms with van der Waals surface area (Å²) >= 11 is 0. The van der Waals surface area contributed by atoms with Gasteiger partial charge in [-0.1, -0.05) is 6.08 Å². The van der Waals surface area contributed by atoms with E-state index in [1.54, 1.807) is 12.4 Å². The van der Waals surface area contributed by atoms with Gasteiger partial charge in [0.2, 0.25) is 0 Å². The molecule has 68 valence electrons. The van der Waals surface area contributed by atoms with Crippen molar-refractivity contribution in [1.29, 1.82) is 0 Å². The van der Waals surface area contributed by atoms with Crippen LogP contribution in [0.3, 0.4) is 0 Å². The topological polar surface area (TPSA) is 54.5 Å². The van der Waals surface area contributed by atoms with Gasteiger partial charge >= 0.3 is 0 Å². The minimum Gasteiger partial charge on any atom is -0.285 e. The number of allylic oxidation sites excluding steroid dienone is 1. The molecule has 1 N–H and O–H groups in total. The van der Waals surface area contributed by atoms with Crippen LogP contribution in [-0.2, 0) is 6.42 Å². The van der Waals surface area contributed by atoms with Crippen molar-refractivity contribution in [3.05, 3.63) is 36.1 Å². The molecular weight excluding hydrogens is 176 g/mol. The Balaban J connectivity index is 2.13. The lowest BCUT2D eigenvalue weighted by molar-refractivity contribution is 1.07. The Morgan fingerprint density at radius 1 is 1.29 bits per heavy atom. The Labute approximate surface area is 80.7 Å². The molecule has 3 rings (SSSR count). The highest BCUT2D eigenvalue weighted by molar-refractivity contribution is 5.61. The van der Waals surface area contributed by atoms with E-state index in [0.29, 0.717) is 0 Å². The predicted octanol–water partition coefficient (Wildman–Crippen LogP) is 1.44. The zero-order chi connectivity index (χ0) is 9.38. The molecule has 0 saturated heterocycles. The summed E-state index contributed by atoms with van der Waals surface area (Å²) in [6.45, 7) is 0. The third-order valence-corrected chi connectivity index (χ3v) is 2.26. The van der Waals surface area contributed by atoms with Gasteiger partial charge in [0.25, 0.3) is 0 Å². The average Bonchev–Trinajstić information content (AvgIpc) is 2.88. The van der Waals surface area contributed by atoms with Crippen molar-refractivity contribution in [1.82, 2.24) is 20.2 Å². The Bertz CT molecular complexity index is 485. The summed E-state index contributed by atoms with van der Waals surface area (Å²) in [6, 6.07) is 0. The van der Waals surface area contributed by atoms with Crippen molar-refractivity contribution in [2.75, 3.05) is 0 Å². The minimum absolute atomic E-state index is 0.865. The maximum Gasteiger partial charge on any atom is 0.0924 e. The van der Waals surface area contributed by atoms with Crippen LogP contribution >= 0.6 is 0 Å². The highest BCUT2D eigenvalue weighted by Gasteiger charge is 2.09. The van der Waals surface area contributed by atoms with E-state index in [9.17, 15) is 0 Å². The van der Waals surface area contributed by atoms with Crippen molar-refractivity contribution in [2.24, 2.45) is 0 Å². The van der Waals surface area contributed by atoms with Gasteiger partial charge in [0, 0.05) is 18.2 Å². The summed E-state index contributed by atoms with van der Waals surface area (Å²) in [5.74, 6) is 0. The molecule has 0 saturated carbocycles. The zero-order valence-corrected chi connectivity index (χ0v) is 7.44. The summed E-state index contributed by atoms with van der Waals surface area (Å²) in [7, 11) is 0. The van der Waals surface area contributed by atoms with Gasteiger partial charge in [0.15, 0.2) is 0 Å². The number of nitrogens with one attached hydrogen (secondary N) is 1. The number of rotatable bonds is 1. The Kier molecular flexibility index (Phi) is 1.47. The average molecular weight is 184 g/mol. The van der Waals surface area contributed by atoms with Crippen LogP contribution in [0.25, 0.3) is 17.3 Å². The van der Waals surface area contributed by atoms with Gasteiger partial charge in [-0.3, -0.25) is 10.1 Å². The maximum atomic E-state index is 4.49. The van der Waals surface area contributed by atoms with E-state index < -0.39 is 0 Å². The molecule has 4 nitrogen and oxygen atoms in total. The first-order valence-electron chi connectivity index (χ1n) is 4.45. The SMILES string of the molecule is C1=Cc2nc(-c3cn[nH]c3)cnc2C1. The summed E-state index contributed by atoms with van der Waals surface area (Å²) in [5.41, 5.74) is 3.87. The van der Waals surface area contributed by atoms with Gasteiger partial charge in [-0.15, -0.1) is 0 Å². The van der Waals surface area contributed by atoms with Crippen molar-refractivity contribution in [3.63, 3.8) is 0 Å². The lowest BCUT2D eigenvalue weighted by Gasteiger charge is -1.99. The molecule has 0 fully saturated rings. The van der Waals surface area contributed by atoms with Crippen LogP contribution < -0.4 is 0 Å². The highest BCUT2D eigenvalue weighted by Crippen LogP contribution is 2.19. The minimum atomic E-state index is 0.865. The molecule has 0 unspecified atom stereocenters. The van der Waals surface area contributed by atoms with Gasteiger partial charge in [-0.2, -0.15) is 5.10 Å². The van der Waals surface area contributed by atoms with Crippen molar-refractivity contribution >= 4 is 6.08 Å². The summed E-state index contributed by atoms with van der Waals surface area (Å²) < 4.78 is 0. The molecule has 0 aromatic carbocycles. The second-order valence-corrected chi connectivity index (χ2v) is 3.18. The Morgan fingerprint density at radius 3 is 3.14 bits per heavy atom. The number of nitrogens with zero attached hydrogens (tertiary/aromatic N) is 3. The molecule has 0 bridgehead atoms. The number of aromatic amines is 1. The van der Waals surface area contributed by atoms with Crippen LogP contribution in [0.5, 0.6) is 0 Å². The third kappa shape index (κ3) is 1.04. The van der Waals surface area contributed by atoms with E-state index in [1.807, 2.05) is 12.3 Å². The van der Waals surface area contributed by atoms with E-state index in [0.717, 1.165) is 29.1 Å². The Morgan fingerprint density at radius 2 is 2.29 bits per heavy atom. The molecule has 2 aromatic rings. The number of hydrogen-bond donors (Lipinski definition) is 1. The van der Waals surface area contributed by atoms with Crippen molar-refractivity contribution in [3.8, 4) is 11.3 Å². The van der Waals surface area contributed by atoms with Crippen LogP contribution in [0, 0.1) is 0 Å². The molecule has 1 aliphatic carbocycles. The maximum absolute atomic E-state index is 4.49. The van der Waals surface area contributed by atoms with E-state index in [2.05, 4.69) is 26.2 Å². The van der Waals surface area contributed by atoms with E-state index in [4.69, 9.17) is 0 Å². The smallest absolute Gasteiger partial charge is 0.0924 e. The summed E-state index contributed by atoms with van der Waals surface area (Å²) in [6.07, 6.45) is 10.3. The molecule has 0 atom stereocenters. The van der Waals surface area contributed by atoms with E-state index >= 15 is 0 Å². The molecule has 0 radical (unpaired) electrons.